The number of ether oxygens (including phenoxy) is 2. The van der Waals surface area contributed by atoms with Crippen LogP contribution < -0.4 is 9.47 Å². The van der Waals surface area contributed by atoms with E-state index in [1.54, 1.807) is 14.2 Å². The standard InChI is InChI=1S/C22H31N3O2/c1-4-25-11-5-6-20(25)17-24(15-18-7-9-23-10-8-18)16-19-12-21(26-2)14-22(13-19)27-3/h7-10,12-14,20H,4-6,11,15-17H2,1-3H3/t20-/m0/s1. The molecule has 5 heteroatoms. The van der Waals surface area contributed by atoms with Crippen molar-refractivity contribution in [1.82, 2.24) is 14.8 Å². The Kier molecular flexibility index (Phi) is 7.07. The van der Waals surface area contributed by atoms with Crippen molar-refractivity contribution in [3.63, 3.8) is 0 Å². The highest BCUT2D eigenvalue weighted by atomic mass is 16.5. The monoisotopic (exact) mass is 369 g/mol. The molecule has 0 N–H and O–H groups in total. The molecule has 0 amide bonds. The fourth-order valence-electron chi connectivity index (χ4n) is 3.96. The Hall–Kier alpha value is -2.11. The van der Waals surface area contributed by atoms with Gasteiger partial charge in [-0.25, -0.2) is 0 Å². The lowest BCUT2D eigenvalue weighted by Gasteiger charge is -2.30. The maximum absolute atomic E-state index is 5.45. The van der Waals surface area contributed by atoms with E-state index in [-0.39, 0.29) is 0 Å². The van der Waals surface area contributed by atoms with E-state index in [9.17, 15) is 0 Å². The van der Waals surface area contributed by atoms with E-state index < -0.39 is 0 Å². The summed E-state index contributed by atoms with van der Waals surface area (Å²) in [5.41, 5.74) is 2.50. The molecule has 0 unspecified atom stereocenters. The summed E-state index contributed by atoms with van der Waals surface area (Å²) < 4.78 is 10.9. The molecule has 1 saturated heterocycles. The van der Waals surface area contributed by atoms with Gasteiger partial charge >= 0.3 is 0 Å². The molecule has 0 saturated carbocycles. The van der Waals surface area contributed by atoms with Gasteiger partial charge in [0, 0.05) is 44.1 Å². The molecular formula is C22H31N3O2. The van der Waals surface area contributed by atoms with E-state index in [1.165, 1.54) is 30.5 Å². The molecule has 3 rings (SSSR count). The average molecular weight is 370 g/mol. The second kappa shape index (κ2) is 9.72. The van der Waals surface area contributed by atoms with Gasteiger partial charge in [0.25, 0.3) is 0 Å². The van der Waals surface area contributed by atoms with Crippen molar-refractivity contribution in [2.24, 2.45) is 0 Å². The number of methoxy groups -OCH3 is 2. The van der Waals surface area contributed by atoms with Crippen LogP contribution in [-0.4, -0.2) is 54.7 Å². The second-order valence-corrected chi connectivity index (χ2v) is 7.17. The summed E-state index contributed by atoms with van der Waals surface area (Å²) in [6, 6.07) is 11.0. The highest BCUT2D eigenvalue weighted by Gasteiger charge is 2.25. The molecule has 2 heterocycles. The van der Waals surface area contributed by atoms with Gasteiger partial charge < -0.3 is 9.47 Å². The highest BCUT2D eigenvalue weighted by Crippen LogP contribution is 2.25. The van der Waals surface area contributed by atoms with Crippen LogP contribution in [0, 0.1) is 0 Å². The Balaban J connectivity index is 1.78. The van der Waals surface area contributed by atoms with Gasteiger partial charge in [-0.15, -0.1) is 0 Å². The molecule has 0 aliphatic carbocycles. The summed E-state index contributed by atoms with van der Waals surface area (Å²) in [6.45, 7) is 7.45. The topological polar surface area (TPSA) is 37.8 Å². The molecular weight excluding hydrogens is 338 g/mol. The lowest BCUT2D eigenvalue weighted by Crippen LogP contribution is -2.39. The lowest BCUT2D eigenvalue weighted by molar-refractivity contribution is 0.166. The van der Waals surface area contributed by atoms with Gasteiger partial charge in [0.15, 0.2) is 0 Å². The molecule has 0 spiro atoms. The van der Waals surface area contributed by atoms with E-state index in [2.05, 4.69) is 46.0 Å². The predicted octanol–water partition coefficient (Wildman–Crippen LogP) is 3.59. The van der Waals surface area contributed by atoms with E-state index in [0.29, 0.717) is 6.04 Å². The van der Waals surface area contributed by atoms with E-state index in [1.807, 2.05) is 18.5 Å². The zero-order chi connectivity index (χ0) is 19.1. The first-order valence-corrected chi connectivity index (χ1v) is 9.79. The molecule has 27 heavy (non-hydrogen) atoms. The molecule has 1 aliphatic heterocycles. The number of likely N-dealkylation sites (tertiary alicyclic amines) is 1. The second-order valence-electron chi connectivity index (χ2n) is 7.17. The van der Waals surface area contributed by atoms with Crippen molar-refractivity contribution in [2.75, 3.05) is 33.9 Å². The van der Waals surface area contributed by atoms with Gasteiger partial charge in [-0.2, -0.15) is 0 Å². The summed E-state index contributed by atoms with van der Waals surface area (Å²) >= 11 is 0. The number of aromatic nitrogens is 1. The third-order valence-corrected chi connectivity index (χ3v) is 5.35. The number of pyridine rings is 1. The van der Waals surface area contributed by atoms with Crippen molar-refractivity contribution in [2.45, 2.75) is 38.9 Å². The van der Waals surface area contributed by atoms with Gasteiger partial charge in [-0.05, 0) is 61.3 Å². The zero-order valence-corrected chi connectivity index (χ0v) is 16.7. The first-order valence-electron chi connectivity index (χ1n) is 9.79. The minimum atomic E-state index is 0.629. The third kappa shape index (κ3) is 5.44. The molecule has 1 aromatic heterocycles. The van der Waals surface area contributed by atoms with Crippen molar-refractivity contribution in [3.05, 3.63) is 53.9 Å². The Bertz CT molecular complexity index is 686. The highest BCUT2D eigenvalue weighted by molar-refractivity contribution is 5.38. The fraction of sp³-hybridized carbons (Fsp3) is 0.500. The number of hydrogen-bond acceptors (Lipinski definition) is 5. The number of nitrogens with zero attached hydrogens (tertiary/aromatic N) is 3. The first-order chi connectivity index (χ1) is 13.2. The van der Waals surface area contributed by atoms with Crippen molar-refractivity contribution in [3.8, 4) is 11.5 Å². The van der Waals surface area contributed by atoms with Crippen LogP contribution in [0.5, 0.6) is 11.5 Å². The Morgan fingerprint density at radius 1 is 1.04 bits per heavy atom. The maximum Gasteiger partial charge on any atom is 0.122 e. The molecule has 1 fully saturated rings. The van der Waals surface area contributed by atoms with E-state index in [0.717, 1.165) is 37.7 Å². The van der Waals surface area contributed by atoms with Crippen LogP contribution in [0.2, 0.25) is 0 Å². The number of likely N-dealkylation sites (N-methyl/N-ethyl adjacent to an activating group) is 1. The van der Waals surface area contributed by atoms with Gasteiger partial charge in [0.2, 0.25) is 0 Å². The predicted molar refractivity (Wildman–Crippen MR) is 108 cm³/mol. The Morgan fingerprint density at radius 3 is 2.33 bits per heavy atom. The molecule has 0 radical (unpaired) electrons. The molecule has 1 atom stereocenters. The minimum Gasteiger partial charge on any atom is -0.497 e. The van der Waals surface area contributed by atoms with Crippen LogP contribution in [0.15, 0.2) is 42.7 Å². The van der Waals surface area contributed by atoms with Crippen LogP contribution in [-0.2, 0) is 13.1 Å². The first kappa shape index (κ1) is 19.6. The largest absolute Gasteiger partial charge is 0.497 e. The normalized spacial score (nSPS) is 17.4. The van der Waals surface area contributed by atoms with Crippen LogP contribution in [0.25, 0.3) is 0 Å². The number of hydrogen-bond donors (Lipinski definition) is 0. The quantitative estimate of drug-likeness (QED) is 0.675. The fourth-order valence-corrected chi connectivity index (χ4v) is 3.96. The minimum absolute atomic E-state index is 0.629. The summed E-state index contributed by atoms with van der Waals surface area (Å²) in [5.74, 6) is 1.67. The molecule has 146 valence electrons. The van der Waals surface area contributed by atoms with Gasteiger partial charge in [-0.1, -0.05) is 6.92 Å². The third-order valence-electron chi connectivity index (χ3n) is 5.35. The van der Waals surface area contributed by atoms with Gasteiger partial charge in [-0.3, -0.25) is 14.8 Å². The maximum atomic E-state index is 5.45. The summed E-state index contributed by atoms with van der Waals surface area (Å²) in [7, 11) is 3.40. The SMILES string of the molecule is CCN1CCC[C@H]1CN(Cc1ccncc1)Cc1cc(OC)cc(OC)c1. The number of benzene rings is 1. The van der Waals surface area contributed by atoms with E-state index in [4.69, 9.17) is 9.47 Å². The smallest absolute Gasteiger partial charge is 0.122 e. The molecule has 1 aromatic carbocycles. The molecule has 0 bridgehead atoms. The van der Waals surface area contributed by atoms with Gasteiger partial charge in [0.05, 0.1) is 14.2 Å². The van der Waals surface area contributed by atoms with Crippen molar-refractivity contribution < 1.29 is 9.47 Å². The van der Waals surface area contributed by atoms with Crippen LogP contribution >= 0.6 is 0 Å². The number of rotatable bonds is 9. The lowest BCUT2D eigenvalue weighted by atomic mass is 10.1. The van der Waals surface area contributed by atoms with Gasteiger partial charge in [0.1, 0.15) is 11.5 Å². The van der Waals surface area contributed by atoms with Crippen molar-refractivity contribution in [1.29, 1.82) is 0 Å². The summed E-state index contributed by atoms with van der Waals surface area (Å²) in [4.78, 5) is 9.28. The Labute approximate surface area is 162 Å². The molecule has 1 aliphatic rings. The molecule has 2 aromatic rings. The Morgan fingerprint density at radius 2 is 1.70 bits per heavy atom. The summed E-state index contributed by atoms with van der Waals surface area (Å²) in [6.07, 6.45) is 6.32. The van der Waals surface area contributed by atoms with Crippen molar-refractivity contribution >= 4 is 0 Å². The average Bonchev–Trinajstić information content (AvgIpc) is 3.15. The van der Waals surface area contributed by atoms with E-state index >= 15 is 0 Å². The van der Waals surface area contributed by atoms with Crippen LogP contribution in [0.1, 0.15) is 30.9 Å². The van der Waals surface area contributed by atoms with Crippen LogP contribution in [0.3, 0.4) is 0 Å². The van der Waals surface area contributed by atoms with Crippen LogP contribution in [0.4, 0.5) is 0 Å². The molecule has 5 nitrogen and oxygen atoms in total. The summed E-state index contributed by atoms with van der Waals surface area (Å²) in [5, 5.41) is 0. The zero-order valence-electron chi connectivity index (χ0n) is 16.7.